The zero-order valence-electron chi connectivity index (χ0n) is 24.4. The summed E-state index contributed by atoms with van der Waals surface area (Å²) >= 11 is 4.73. The quantitative estimate of drug-likeness (QED) is 0.119. The van der Waals surface area contributed by atoms with Gasteiger partial charge < -0.3 is 0 Å². The van der Waals surface area contributed by atoms with Crippen LogP contribution >= 0.6 is 45.2 Å². The van der Waals surface area contributed by atoms with Gasteiger partial charge in [0, 0.05) is 39.5 Å². The molecule has 5 aromatic rings. The van der Waals surface area contributed by atoms with Gasteiger partial charge in [0.2, 0.25) is 0 Å². The van der Waals surface area contributed by atoms with Crippen molar-refractivity contribution in [3.05, 3.63) is 74.1 Å². The van der Waals surface area contributed by atoms with E-state index in [1.807, 2.05) is 0 Å². The van der Waals surface area contributed by atoms with Gasteiger partial charge in [0.05, 0.1) is 0 Å². The van der Waals surface area contributed by atoms with E-state index in [2.05, 4.69) is 97.1 Å². The van der Waals surface area contributed by atoms with Crippen molar-refractivity contribution in [2.75, 3.05) is 0 Å². The Labute approximate surface area is 265 Å². The molecule has 0 aliphatic carbocycles. The average molecular weight is 759 g/mol. The fourth-order valence-electron chi connectivity index (χ4n) is 6.46. The molecule has 2 nitrogen and oxygen atoms in total. The van der Waals surface area contributed by atoms with Crippen LogP contribution in [0.25, 0.3) is 43.1 Å². The second-order valence-electron chi connectivity index (χ2n) is 11.5. The molecular weight excluding hydrogens is 718 g/mol. The standard InChI is InChI=1S/C36H40I2O2/c1-5-9-13-21-17-25-27(19-23(21)15-11-7-3)35(39)31-29(25)33(37)32-30(34(31)38)26-18-22(14-10-6-2)24(16-12-8-4)20-28(26)36(32)40/h17-20H,5-16H2,1-4H3. The van der Waals surface area contributed by atoms with E-state index in [0.717, 1.165) is 127 Å². The average Bonchev–Trinajstić information content (AvgIpc) is 3.41. The molecule has 4 heteroatoms. The van der Waals surface area contributed by atoms with Gasteiger partial charge in [-0.05, 0) is 142 Å². The van der Waals surface area contributed by atoms with Crippen LogP contribution in [0.3, 0.4) is 0 Å². The van der Waals surface area contributed by atoms with E-state index in [1.54, 1.807) is 0 Å². The van der Waals surface area contributed by atoms with Crippen LogP contribution in [0.1, 0.15) is 101 Å². The first-order valence-electron chi connectivity index (χ1n) is 15.3. The summed E-state index contributed by atoms with van der Waals surface area (Å²) in [6.07, 6.45) is 13.2. The van der Waals surface area contributed by atoms with Crippen LogP contribution in [-0.2, 0) is 25.7 Å². The second kappa shape index (κ2) is 12.8. The lowest BCUT2D eigenvalue weighted by Crippen LogP contribution is -2.01. The predicted molar refractivity (Wildman–Crippen MR) is 191 cm³/mol. The molecular formula is C36H40I2O2. The van der Waals surface area contributed by atoms with E-state index in [1.165, 1.54) is 22.3 Å². The fraction of sp³-hybridized carbons (Fsp3) is 0.444. The highest BCUT2D eigenvalue weighted by molar-refractivity contribution is 14.1. The third-order valence-electron chi connectivity index (χ3n) is 8.74. The van der Waals surface area contributed by atoms with E-state index >= 15 is 0 Å². The van der Waals surface area contributed by atoms with E-state index in [-0.39, 0.29) is 10.9 Å². The van der Waals surface area contributed by atoms with E-state index < -0.39 is 0 Å². The van der Waals surface area contributed by atoms with Gasteiger partial charge in [0.15, 0.2) is 10.9 Å². The molecule has 0 saturated heterocycles. The number of hydrogen-bond acceptors (Lipinski definition) is 2. The molecule has 0 radical (unpaired) electrons. The Balaban J connectivity index is 1.86. The summed E-state index contributed by atoms with van der Waals surface area (Å²) in [6.45, 7) is 8.91. The smallest absolute Gasteiger partial charge is 0.195 e. The van der Waals surface area contributed by atoms with Crippen LogP contribution in [0, 0.1) is 7.14 Å². The molecule has 0 N–H and O–H groups in total. The van der Waals surface area contributed by atoms with Crippen molar-refractivity contribution in [1.82, 2.24) is 0 Å². The molecule has 0 aliphatic heterocycles. The molecule has 0 heterocycles. The molecule has 5 aromatic carbocycles. The summed E-state index contributed by atoms with van der Waals surface area (Å²) in [5.74, 6) is 0. The molecule has 0 unspecified atom stereocenters. The highest BCUT2D eigenvalue weighted by Gasteiger charge is 2.25. The van der Waals surface area contributed by atoms with E-state index in [0.29, 0.717) is 0 Å². The maximum absolute atomic E-state index is 14.1. The van der Waals surface area contributed by atoms with Crippen molar-refractivity contribution in [3.8, 4) is 0 Å². The van der Waals surface area contributed by atoms with Gasteiger partial charge in [0.25, 0.3) is 0 Å². The minimum atomic E-state index is 0.126. The van der Waals surface area contributed by atoms with Gasteiger partial charge in [-0.1, -0.05) is 65.5 Å². The second-order valence-corrected chi connectivity index (χ2v) is 13.7. The summed E-state index contributed by atoms with van der Waals surface area (Å²) in [7, 11) is 0. The topological polar surface area (TPSA) is 34.1 Å². The maximum Gasteiger partial charge on any atom is 0.195 e. The van der Waals surface area contributed by atoms with E-state index in [9.17, 15) is 9.59 Å². The van der Waals surface area contributed by atoms with Crippen molar-refractivity contribution < 1.29 is 0 Å². The highest BCUT2D eigenvalue weighted by Crippen LogP contribution is 2.41. The largest absolute Gasteiger partial charge is 0.289 e. The lowest BCUT2D eigenvalue weighted by atomic mass is 9.95. The van der Waals surface area contributed by atoms with Crippen LogP contribution in [0.5, 0.6) is 0 Å². The van der Waals surface area contributed by atoms with Crippen LogP contribution in [0.15, 0.2) is 33.9 Å². The summed E-state index contributed by atoms with van der Waals surface area (Å²) in [4.78, 5) is 28.2. The van der Waals surface area contributed by atoms with Crippen LogP contribution in [-0.4, -0.2) is 0 Å². The normalized spacial score (nSPS) is 12.2. The Kier molecular flexibility index (Phi) is 9.55. The lowest BCUT2D eigenvalue weighted by molar-refractivity contribution is 0.759. The first kappa shape index (κ1) is 29.9. The van der Waals surface area contributed by atoms with Gasteiger partial charge in [0.1, 0.15) is 0 Å². The van der Waals surface area contributed by atoms with Gasteiger partial charge in [-0.2, -0.15) is 0 Å². The molecule has 0 atom stereocenters. The van der Waals surface area contributed by atoms with Crippen molar-refractivity contribution in [3.63, 3.8) is 0 Å². The molecule has 5 rings (SSSR count). The molecule has 0 amide bonds. The van der Waals surface area contributed by atoms with Crippen LogP contribution in [0.2, 0.25) is 0 Å². The highest BCUT2D eigenvalue weighted by atomic mass is 127. The number of rotatable bonds is 12. The lowest BCUT2D eigenvalue weighted by Gasteiger charge is -2.11. The van der Waals surface area contributed by atoms with Gasteiger partial charge in [-0.25, -0.2) is 0 Å². The maximum atomic E-state index is 14.1. The minimum Gasteiger partial charge on any atom is -0.289 e. The van der Waals surface area contributed by atoms with E-state index in [4.69, 9.17) is 0 Å². The Morgan fingerprint density at radius 3 is 1.00 bits per heavy atom. The molecule has 0 spiro atoms. The van der Waals surface area contributed by atoms with Crippen molar-refractivity contribution in [2.45, 2.75) is 105 Å². The fourth-order valence-corrected chi connectivity index (χ4v) is 8.61. The molecule has 0 saturated carbocycles. The summed E-state index contributed by atoms with van der Waals surface area (Å²) in [6, 6.07) is 8.97. The molecule has 0 fully saturated rings. The van der Waals surface area contributed by atoms with Crippen molar-refractivity contribution in [1.29, 1.82) is 0 Å². The van der Waals surface area contributed by atoms with Crippen molar-refractivity contribution >= 4 is 88.3 Å². The van der Waals surface area contributed by atoms with Crippen LogP contribution in [0.4, 0.5) is 0 Å². The zero-order chi connectivity index (χ0) is 28.6. The molecule has 40 heavy (non-hydrogen) atoms. The van der Waals surface area contributed by atoms with Gasteiger partial charge >= 0.3 is 0 Å². The number of halogens is 2. The Morgan fingerprint density at radius 1 is 0.450 bits per heavy atom. The van der Waals surface area contributed by atoms with Gasteiger partial charge in [-0.3, -0.25) is 9.59 Å². The molecule has 0 bridgehead atoms. The van der Waals surface area contributed by atoms with Gasteiger partial charge in [-0.15, -0.1) is 0 Å². The zero-order valence-corrected chi connectivity index (χ0v) is 28.7. The monoisotopic (exact) mass is 758 g/mol. The number of fused-ring (bicyclic) bond motifs is 6. The SMILES string of the molecule is CCCCc1cc2c(=O)c3c(I)c4c(c(I)c3c2cc1CCCC)c(=O)c1cc(CCCC)c(CCCC)cc14. The number of benzene rings is 3. The molecule has 210 valence electrons. The predicted octanol–water partition coefficient (Wildman–Crippen LogP) is 10.5. The Bertz CT molecular complexity index is 1670. The minimum absolute atomic E-state index is 0.126. The first-order chi connectivity index (χ1) is 19.4. The third kappa shape index (κ3) is 5.14. The molecule has 0 aromatic heterocycles. The molecule has 0 aliphatic rings. The summed E-state index contributed by atoms with van der Waals surface area (Å²) in [5, 5.41) is 7.31. The summed E-state index contributed by atoms with van der Waals surface area (Å²) in [5.41, 5.74) is 5.65. The first-order valence-corrected chi connectivity index (χ1v) is 17.5. The Morgan fingerprint density at radius 2 is 0.725 bits per heavy atom. The van der Waals surface area contributed by atoms with Crippen LogP contribution < -0.4 is 10.9 Å². The summed E-state index contributed by atoms with van der Waals surface area (Å²) < 4.78 is 1.90. The number of aryl methyl sites for hydroxylation is 4. The van der Waals surface area contributed by atoms with Crippen molar-refractivity contribution in [2.24, 2.45) is 0 Å². The number of unbranched alkanes of at least 4 members (excludes halogenated alkanes) is 4. The Hall–Kier alpha value is -1.54. The third-order valence-corrected chi connectivity index (χ3v) is 10.9. The number of hydrogen-bond donors (Lipinski definition) is 0.